The molecule has 7 heteroatoms. The molecule has 2 rings (SSSR count). The average Bonchev–Trinajstić information content (AvgIpc) is 2.36. The minimum absolute atomic E-state index is 0.0269. The lowest BCUT2D eigenvalue weighted by molar-refractivity contribution is -0.138. The predicted octanol–water partition coefficient (Wildman–Crippen LogP) is 6.04. The van der Waals surface area contributed by atoms with E-state index in [1.54, 1.807) is 0 Å². The molecule has 2 aromatic carbocycles. The second-order valence-electron chi connectivity index (χ2n) is 4.24. The van der Waals surface area contributed by atoms with Gasteiger partial charge in [-0.25, -0.2) is 0 Å². The molecule has 0 spiro atoms. The van der Waals surface area contributed by atoms with Gasteiger partial charge in [-0.1, -0.05) is 29.8 Å². The van der Waals surface area contributed by atoms with Crippen LogP contribution in [0.15, 0.2) is 42.5 Å². The molecule has 0 fully saturated rings. The van der Waals surface area contributed by atoms with Gasteiger partial charge in [0.05, 0.1) is 11.1 Å². The molecule has 0 aliphatic carbocycles. The standard InChI is InChI=1S/C14H7ClF6/c15-11-3-1-2-10(14(19,20)21)12(11)8-4-6-9(7-5-8)13(16,17)18/h1-7H. The molecule has 0 saturated heterocycles. The zero-order valence-corrected chi connectivity index (χ0v) is 10.9. The molecule has 0 heterocycles. The molecule has 0 N–H and O–H groups in total. The van der Waals surface area contributed by atoms with Gasteiger partial charge in [0, 0.05) is 10.6 Å². The first-order valence-corrected chi connectivity index (χ1v) is 6.02. The van der Waals surface area contributed by atoms with E-state index in [1.807, 2.05) is 0 Å². The number of benzene rings is 2. The van der Waals surface area contributed by atoms with Gasteiger partial charge in [-0.05, 0) is 29.8 Å². The van der Waals surface area contributed by atoms with Crippen molar-refractivity contribution in [2.24, 2.45) is 0 Å². The van der Waals surface area contributed by atoms with E-state index in [0.717, 1.165) is 36.4 Å². The van der Waals surface area contributed by atoms with E-state index in [2.05, 4.69) is 0 Å². The van der Waals surface area contributed by atoms with Gasteiger partial charge in [0.2, 0.25) is 0 Å². The Kier molecular flexibility index (Phi) is 3.93. The minimum Gasteiger partial charge on any atom is -0.166 e. The molecule has 0 saturated carbocycles. The number of halogens is 7. The summed E-state index contributed by atoms with van der Waals surface area (Å²) in [5.74, 6) is 0. The van der Waals surface area contributed by atoms with Crippen molar-refractivity contribution in [3.63, 3.8) is 0 Å². The molecule has 0 atom stereocenters. The van der Waals surface area contributed by atoms with Crippen molar-refractivity contribution in [1.82, 2.24) is 0 Å². The van der Waals surface area contributed by atoms with Crippen molar-refractivity contribution in [2.45, 2.75) is 12.4 Å². The van der Waals surface area contributed by atoms with Gasteiger partial charge in [0.1, 0.15) is 0 Å². The lowest BCUT2D eigenvalue weighted by Gasteiger charge is -2.15. The first-order chi connectivity index (χ1) is 9.60. The van der Waals surface area contributed by atoms with Gasteiger partial charge < -0.3 is 0 Å². The van der Waals surface area contributed by atoms with Crippen LogP contribution in [0.2, 0.25) is 5.02 Å². The molecule has 0 aromatic heterocycles. The second kappa shape index (κ2) is 5.26. The summed E-state index contributed by atoms with van der Waals surface area (Å²) in [7, 11) is 0. The SMILES string of the molecule is FC(F)(F)c1ccc(-c2c(Cl)cccc2C(F)(F)F)cc1. The van der Waals surface area contributed by atoms with Crippen molar-refractivity contribution in [3.8, 4) is 11.1 Å². The Morgan fingerprint density at radius 3 is 1.76 bits per heavy atom. The molecular formula is C14H7ClF6. The Balaban J connectivity index is 2.57. The van der Waals surface area contributed by atoms with E-state index in [0.29, 0.717) is 0 Å². The Bertz CT molecular complexity index is 640. The predicted molar refractivity (Wildman–Crippen MR) is 66.9 cm³/mol. The van der Waals surface area contributed by atoms with Gasteiger partial charge in [0.25, 0.3) is 0 Å². The fraction of sp³-hybridized carbons (Fsp3) is 0.143. The number of hydrogen-bond acceptors (Lipinski definition) is 0. The molecule has 112 valence electrons. The Morgan fingerprint density at radius 2 is 1.29 bits per heavy atom. The summed E-state index contributed by atoms with van der Waals surface area (Å²) in [6.07, 6.45) is -9.20. The number of alkyl halides is 6. The highest BCUT2D eigenvalue weighted by Crippen LogP contribution is 2.41. The van der Waals surface area contributed by atoms with Crippen LogP contribution in [0.3, 0.4) is 0 Å². The van der Waals surface area contributed by atoms with Crippen molar-refractivity contribution in [3.05, 3.63) is 58.6 Å². The van der Waals surface area contributed by atoms with E-state index < -0.39 is 23.5 Å². The first kappa shape index (κ1) is 15.7. The molecule has 0 unspecified atom stereocenters. The highest BCUT2D eigenvalue weighted by Gasteiger charge is 2.35. The van der Waals surface area contributed by atoms with Crippen LogP contribution in [0.5, 0.6) is 0 Å². The van der Waals surface area contributed by atoms with Crippen LogP contribution >= 0.6 is 11.6 Å². The van der Waals surface area contributed by atoms with Gasteiger partial charge in [-0.3, -0.25) is 0 Å². The van der Waals surface area contributed by atoms with E-state index >= 15 is 0 Å². The van der Waals surface area contributed by atoms with Crippen molar-refractivity contribution < 1.29 is 26.3 Å². The van der Waals surface area contributed by atoms with Gasteiger partial charge >= 0.3 is 12.4 Å². The third-order valence-electron chi connectivity index (χ3n) is 2.82. The van der Waals surface area contributed by atoms with Crippen molar-refractivity contribution in [1.29, 1.82) is 0 Å². The summed E-state index contributed by atoms with van der Waals surface area (Å²) in [5, 5.41) is -0.176. The third-order valence-corrected chi connectivity index (χ3v) is 3.13. The highest BCUT2D eigenvalue weighted by molar-refractivity contribution is 6.33. The Hall–Kier alpha value is -1.69. The largest absolute Gasteiger partial charge is 0.417 e. The molecule has 0 amide bonds. The van der Waals surface area contributed by atoms with E-state index in [-0.39, 0.29) is 16.1 Å². The second-order valence-corrected chi connectivity index (χ2v) is 4.64. The zero-order valence-electron chi connectivity index (χ0n) is 10.2. The monoisotopic (exact) mass is 324 g/mol. The van der Waals surface area contributed by atoms with E-state index in [9.17, 15) is 26.3 Å². The Morgan fingerprint density at radius 1 is 0.714 bits per heavy atom. The maximum Gasteiger partial charge on any atom is 0.417 e. The van der Waals surface area contributed by atoms with Crippen molar-refractivity contribution in [2.75, 3.05) is 0 Å². The topological polar surface area (TPSA) is 0 Å². The molecular weight excluding hydrogens is 318 g/mol. The first-order valence-electron chi connectivity index (χ1n) is 5.64. The summed E-state index contributed by atoms with van der Waals surface area (Å²) >= 11 is 5.78. The zero-order chi connectivity index (χ0) is 15.8. The lowest BCUT2D eigenvalue weighted by Crippen LogP contribution is -2.08. The smallest absolute Gasteiger partial charge is 0.166 e. The van der Waals surface area contributed by atoms with Gasteiger partial charge in [-0.2, -0.15) is 26.3 Å². The van der Waals surface area contributed by atoms with Crippen molar-refractivity contribution >= 4 is 11.6 Å². The Labute approximate surface area is 121 Å². The van der Waals surface area contributed by atoms with E-state index in [1.165, 1.54) is 6.07 Å². The number of rotatable bonds is 1. The molecule has 2 aromatic rings. The van der Waals surface area contributed by atoms with Crippen LogP contribution < -0.4 is 0 Å². The highest BCUT2D eigenvalue weighted by atomic mass is 35.5. The molecule has 0 nitrogen and oxygen atoms in total. The lowest BCUT2D eigenvalue weighted by atomic mass is 9.98. The quantitative estimate of drug-likeness (QED) is 0.561. The van der Waals surface area contributed by atoms with Crippen LogP contribution in [-0.4, -0.2) is 0 Å². The summed E-state index contributed by atoms with van der Waals surface area (Å²) in [5.41, 5.74) is -2.29. The maximum absolute atomic E-state index is 12.9. The molecule has 0 bridgehead atoms. The normalized spacial score (nSPS) is 12.5. The van der Waals surface area contributed by atoms with Gasteiger partial charge in [-0.15, -0.1) is 0 Å². The van der Waals surface area contributed by atoms with Gasteiger partial charge in [0.15, 0.2) is 0 Å². The summed E-state index contributed by atoms with van der Waals surface area (Å²) in [4.78, 5) is 0. The fourth-order valence-corrected chi connectivity index (χ4v) is 2.16. The average molecular weight is 325 g/mol. The third kappa shape index (κ3) is 3.32. The van der Waals surface area contributed by atoms with Crippen LogP contribution in [0.4, 0.5) is 26.3 Å². The fourth-order valence-electron chi connectivity index (χ4n) is 1.88. The minimum atomic E-state index is -4.65. The molecule has 0 aliphatic rings. The van der Waals surface area contributed by atoms with E-state index in [4.69, 9.17) is 11.6 Å². The van der Waals surface area contributed by atoms with Crippen LogP contribution in [0.1, 0.15) is 11.1 Å². The molecule has 0 aliphatic heterocycles. The van der Waals surface area contributed by atoms with Crippen LogP contribution in [0, 0.1) is 0 Å². The summed E-state index contributed by atoms with van der Waals surface area (Å²) in [6, 6.07) is 6.61. The number of hydrogen-bond donors (Lipinski definition) is 0. The van der Waals surface area contributed by atoms with Crippen LogP contribution in [0.25, 0.3) is 11.1 Å². The summed E-state index contributed by atoms with van der Waals surface area (Å²) < 4.78 is 76.2. The summed E-state index contributed by atoms with van der Waals surface area (Å²) in [6.45, 7) is 0. The molecule has 21 heavy (non-hydrogen) atoms. The van der Waals surface area contributed by atoms with Crippen LogP contribution in [-0.2, 0) is 12.4 Å². The maximum atomic E-state index is 12.9. The molecule has 0 radical (unpaired) electrons.